The van der Waals surface area contributed by atoms with Crippen molar-refractivity contribution in [3.8, 4) is 11.1 Å². The second-order valence-electron chi connectivity index (χ2n) is 5.90. The van der Waals surface area contributed by atoms with Gasteiger partial charge in [0.1, 0.15) is 5.82 Å². The molecule has 24 heavy (non-hydrogen) atoms. The summed E-state index contributed by atoms with van der Waals surface area (Å²) in [5, 5.41) is 0. The Bertz CT molecular complexity index is 825. The van der Waals surface area contributed by atoms with Crippen LogP contribution in [0, 0.1) is 13.8 Å². The number of hydrogen-bond acceptors (Lipinski definition) is 3. The third kappa shape index (κ3) is 3.98. The van der Waals surface area contributed by atoms with E-state index in [0.717, 1.165) is 17.9 Å². The maximum atomic E-state index is 4.47. The van der Waals surface area contributed by atoms with E-state index in [4.69, 9.17) is 0 Å². The number of hydrogen-bond donors (Lipinski definition) is 1. The molecule has 1 heterocycles. The Morgan fingerprint density at radius 3 is 2.33 bits per heavy atom. The van der Waals surface area contributed by atoms with Gasteiger partial charge in [0.25, 0.3) is 0 Å². The van der Waals surface area contributed by atoms with E-state index in [-0.39, 0.29) is 0 Å². The van der Waals surface area contributed by atoms with E-state index in [1.807, 2.05) is 25.1 Å². The van der Waals surface area contributed by atoms with Crippen molar-refractivity contribution in [3.63, 3.8) is 0 Å². The molecule has 0 atom stereocenters. The third-order valence-corrected chi connectivity index (χ3v) is 5.01. The molecule has 1 N–H and O–H groups in total. The van der Waals surface area contributed by atoms with Crippen LogP contribution in [0.15, 0.2) is 65.6 Å². The molecule has 0 aliphatic heterocycles. The number of benzene rings is 2. The summed E-state index contributed by atoms with van der Waals surface area (Å²) in [7, 11) is 0. The van der Waals surface area contributed by atoms with Crippen LogP contribution in [0.4, 0.5) is 5.82 Å². The number of aromatic nitrogens is 1. The van der Waals surface area contributed by atoms with Crippen LogP contribution in [0.25, 0.3) is 11.1 Å². The Hall–Kier alpha value is -2.26. The van der Waals surface area contributed by atoms with E-state index in [9.17, 15) is 0 Å². The molecule has 0 bridgehead atoms. The van der Waals surface area contributed by atoms with Crippen molar-refractivity contribution < 1.29 is 0 Å². The monoisotopic (exact) mass is 334 g/mol. The van der Waals surface area contributed by atoms with Gasteiger partial charge >= 0.3 is 0 Å². The average molecular weight is 334 g/mol. The molecule has 1 aromatic heterocycles. The molecule has 2 aromatic carbocycles. The van der Waals surface area contributed by atoms with Gasteiger partial charge in [-0.2, -0.15) is 0 Å². The Morgan fingerprint density at radius 1 is 0.917 bits per heavy atom. The van der Waals surface area contributed by atoms with Gasteiger partial charge in [0.05, 0.1) is 0 Å². The van der Waals surface area contributed by atoms with E-state index in [0.29, 0.717) is 0 Å². The number of rotatable bonds is 5. The lowest BCUT2D eigenvalue weighted by molar-refractivity contribution is 1.14. The summed E-state index contributed by atoms with van der Waals surface area (Å²) in [5.41, 5.74) is 6.17. The van der Waals surface area contributed by atoms with Gasteiger partial charge in [-0.05, 0) is 72.7 Å². The van der Waals surface area contributed by atoms with Gasteiger partial charge in [0, 0.05) is 10.6 Å². The predicted molar refractivity (Wildman–Crippen MR) is 104 cm³/mol. The van der Waals surface area contributed by atoms with Crippen LogP contribution in [-0.2, 0) is 6.42 Å². The molecule has 0 aliphatic carbocycles. The van der Waals surface area contributed by atoms with Gasteiger partial charge < -0.3 is 4.72 Å². The molecule has 0 saturated carbocycles. The fourth-order valence-electron chi connectivity index (χ4n) is 2.58. The molecule has 122 valence electrons. The molecular weight excluding hydrogens is 312 g/mol. The Kier molecular flexibility index (Phi) is 5.21. The summed E-state index contributed by atoms with van der Waals surface area (Å²) in [5.74, 6) is 0.888. The lowest BCUT2D eigenvalue weighted by Crippen LogP contribution is -1.93. The van der Waals surface area contributed by atoms with Gasteiger partial charge in [0.2, 0.25) is 0 Å². The van der Waals surface area contributed by atoms with Crippen LogP contribution in [0.1, 0.15) is 23.7 Å². The molecule has 3 heteroatoms. The maximum Gasteiger partial charge on any atom is 0.136 e. The average Bonchev–Trinajstić information content (AvgIpc) is 2.61. The minimum Gasteiger partial charge on any atom is -0.310 e. The highest BCUT2D eigenvalue weighted by Gasteiger charge is 2.04. The standard InChI is InChI=1S/C21H22N2S/c1-4-17-8-10-18(11-9-17)19-12-13-20(15(2)14-19)24-23-21-7-5-6-16(3)22-21/h5-14H,4H2,1-3H3,(H,22,23). The van der Waals surface area contributed by atoms with Gasteiger partial charge in [-0.15, -0.1) is 0 Å². The predicted octanol–water partition coefficient (Wildman–Crippen LogP) is 6.05. The van der Waals surface area contributed by atoms with E-state index < -0.39 is 0 Å². The van der Waals surface area contributed by atoms with Crippen molar-refractivity contribution in [3.05, 3.63) is 77.5 Å². The quantitative estimate of drug-likeness (QED) is 0.575. The summed E-state index contributed by atoms with van der Waals surface area (Å²) < 4.78 is 3.32. The van der Waals surface area contributed by atoms with Crippen molar-refractivity contribution >= 4 is 17.8 Å². The number of nitrogens with zero attached hydrogens (tertiary/aromatic N) is 1. The van der Waals surface area contributed by atoms with Crippen LogP contribution in [0.5, 0.6) is 0 Å². The van der Waals surface area contributed by atoms with Gasteiger partial charge in [-0.3, -0.25) is 0 Å². The van der Waals surface area contributed by atoms with Crippen LogP contribution < -0.4 is 4.72 Å². The zero-order chi connectivity index (χ0) is 16.9. The highest BCUT2D eigenvalue weighted by atomic mass is 32.2. The zero-order valence-corrected chi connectivity index (χ0v) is 15.2. The number of aryl methyl sites for hydroxylation is 3. The SMILES string of the molecule is CCc1ccc(-c2ccc(SNc3cccc(C)n3)c(C)c2)cc1. The lowest BCUT2D eigenvalue weighted by atomic mass is 10.0. The molecule has 0 saturated heterocycles. The van der Waals surface area contributed by atoms with Crippen LogP contribution in [0.2, 0.25) is 0 Å². The number of anilines is 1. The van der Waals surface area contributed by atoms with Gasteiger partial charge in [-0.25, -0.2) is 4.98 Å². The topological polar surface area (TPSA) is 24.9 Å². The fourth-order valence-corrected chi connectivity index (χ4v) is 3.27. The van der Waals surface area contributed by atoms with Gasteiger partial charge in [-0.1, -0.05) is 49.4 Å². The summed E-state index contributed by atoms with van der Waals surface area (Å²) in [4.78, 5) is 5.68. The highest BCUT2D eigenvalue weighted by molar-refractivity contribution is 8.00. The minimum absolute atomic E-state index is 0.888. The minimum atomic E-state index is 0.888. The van der Waals surface area contributed by atoms with Crippen LogP contribution in [-0.4, -0.2) is 4.98 Å². The van der Waals surface area contributed by atoms with E-state index >= 15 is 0 Å². The molecule has 3 rings (SSSR count). The Labute approximate surface area is 148 Å². The van der Waals surface area contributed by atoms with Crippen molar-refractivity contribution in [1.82, 2.24) is 4.98 Å². The molecule has 0 spiro atoms. The van der Waals surface area contributed by atoms with E-state index in [1.165, 1.54) is 27.1 Å². The lowest BCUT2D eigenvalue weighted by Gasteiger charge is -2.10. The summed E-state index contributed by atoms with van der Waals surface area (Å²) >= 11 is 1.61. The number of nitrogens with one attached hydrogen (secondary N) is 1. The van der Waals surface area contributed by atoms with Crippen molar-refractivity contribution in [2.24, 2.45) is 0 Å². The molecule has 2 nitrogen and oxygen atoms in total. The maximum absolute atomic E-state index is 4.47. The Balaban J connectivity index is 1.74. The molecule has 3 aromatic rings. The summed E-state index contributed by atoms with van der Waals surface area (Å²) in [6.45, 7) is 6.33. The Morgan fingerprint density at radius 2 is 1.67 bits per heavy atom. The third-order valence-electron chi connectivity index (χ3n) is 4.02. The van der Waals surface area contributed by atoms with Crippen molar-refractivity contribution in [2.45, 2.75) is 32.1 Å². The van der Waals surface area contributed by atoms with E-state index in [1.54, 1.807) is 11.9 Å². The summed E-state index contributed by atoms with van der Waals surface area (Å²) in [6, 6.07) is 21.4. The molecule has 0 radical (unpaired) electrons. The smallest absolute Gasteiger partial charge is 0.136 e. The van der Waals surface area contributed by atoms with Gasteiger partial charge in [0.15, 0.2) is 0 Å². The fraction of sp³-hybridized carbons (Fsp3) is 0.190. The first kappa shape index (κ1) is 16.6. The van der Waals surface area contributed by atoms with Crippen LogP contribution in [0.3, 0.4) is 0 Å². The second-order valence-corrected chi connectivity index (χ2v) is 6.75. The first-order valence-corrected chi connectivity index (χ1v) is 9.04. The van der Waals surface area contributed by atoms with Crippen molar-refractivity contribution in [2.75, 3.05) is 4.72 Å². The number of pyridine rings is 1. The van der Waals surface area contributed by atoms with E-state index in [2.05, 4.69) is 66.0 Å². The first-order valence-electron chi connectivity index (χ1n) is 8.22. The molecular formula is C21H22N2S. The highest BCUT2D eigenvalue weighted by Crippen LogP contribution is 2.28. The molecule has 0 amide bonds. The van der Waals surface area contributed by atoms with Crippen LogP contribution >= 0.6 is 11.9 Å². The zero-order valence-electron chi connectivity index (χ0n) is 14.3. The second kappa shape index (κ2) is 7.54. The largest absolute Gasteiger partial charge is 0.310 e. The molecule has 0 aliphatic rings. The first-order chi connectivity index (χ1) is 11.7. The summed E-state index contributed by atoms with van der Waals surface area (Å²) in [6.07, 6.45) is 1.08. The molecule has 0 fully saturated rings. The van der Waals surface area contributed by atoms with Crippen molar-refractivity contribution in [1.29, 1.82) is 0 Å². The molecule has 0 unspecified atom stereocenters. The normalized spacial score (nSPS) is 10.6.